The average Bonchev–Trinajstić information content (AvgIpc) is 1.63. The van der Waals surface area contributed by atoms with Crippen molar-refractivity contribution in [3.05, 3.63) is 335 Å². The number of nitrogens with one attached hydrogen (secondary N) is 2. The number of para-hydroxylation sites is 5. The second kappa shape index (κ2) is 51.3. The molecule has 9 heterocycles. The van der Waals surface area contributed by atoms with Crippen molar-refractivity contribution in [3.63, 3.8) is 0 Å². The lowest BCUT2D eigenvalue weighted by atomic mass is 9.86. The van der Waals surface area contributed by atoms with Gasteiger partial charge < -0.3 is 57.8 Å². The zero-order valence-electron chi connectivity index (χ0n) is 83.2. The summed E-state index contributed by atoms with van der Waals surface area (Å²) < 4.78 is 27.4. The number of rotatable bonds is 35. The Kier molecular flexibility index (Phi) is 37.7. The standard InChI is InChI=1S/C33H39ClN4O2.C32H36ClN3O3.C28H33BrN2O.C25H29Cl2N3O/c1-25-9-5-10-26(21-25)22-35-33(39)29-24-38(32-28(29)12-6-14-31(32)40-2)18-8-16-36-15-7-17-37(20-19-36)23-27-11-3-4-13-30(27)34;1-23-8-5-9-24(20-23)21-34-32(37)27-22-36(31-26(27)10-6-13-30(31)38-2)17-7-16-35-18-14-25(15-19-35)39-29-12-4-3-11-28(29)33;1-20(32)26-19-30(28-25(26)9-5-10-27(28)29)15-6-16-31-23-13-14-24(31)18-22(17-23)12-11-21-7-3-2-4-8-21;1-19(31)22-18-30(25-21(22)8-4-10-24(25)27)14-6-12-28-11-5-13-29(16-15-28)17-20-7-2-3-9-23(20)26/h3-6,9-14,21,24H,7-8,15-20,22-23H2,1-2H3,(H,35,39);3-6,8-13,20,22,25H,7,14-19,21H2,1-2H3,(H,34,37);2-5,7-10,19,22-24H,6,11-18H2,1H3;2-4,7-10,18H,5-6,11-17H2,1H3. The van der Waals surface area contributed by atoms with E-state index in [1.807, 2.05) is 152 Å². The minimum Gasteiger partial charge on any atom is -0.495 e. The first-order valence-corrected chi connectivity index (χ1v) is 53.3. The second-order valence-corrected chi connectivity index (χ2v) is 41.5. The topological polar surface area (TPSA) is 159 Å². The number of piperidine rings is 2. The van der Waals surface area contributed by atoms with Crippen LogP contribution >= 0.6 is 62.3 Å². The second-order valence-electron chi connectivity index (χ2n) is 39.0. The van der Waals surface area contributed by atoms with Crippen LogP contribution in [0.1, 0.15) is 178 Å². The van der Waals surface area contributed by atoms with Gasteiger partial charge in [-0.2, -0.15) is 0 Å². The molecule has 2 N–H and O–H groups in total. The number of hydrogen-bond acceptors (Lipinski definition) is 13. The van der Waals surface area contributed by atoms with Crippen LogP contribution in [0.25, 0.3) is 43.6 Å². The minimum atomic E-state index is -0.0749. The highest BCUT2D eigenvalue weighted by atomic mass is 79.9. The summed E-state index contributed by atoms with van der Waals surface area (Å²) in [7, 11) is 3.37. The van der Waals surface area contributed by atoms with Crippen LogP contribution in [0.2, 0.25) is 20.1 Å². The van der Waals surface area contributed by atoms with Gasteiger partial charge in [0.05, 0.1) is 57.5 Å². The van der Waals surface area contributed by atoms with E-state index < -0.39 is 0 Å². The third kappa shape index (κ3) is 27.5. The van der Waals surface area contributed by atoms with Crippen molar-refractivity contribution in [2.24, 2.45) is 5.92 Å². The number of ether oxygens (including phenoxy) is 3. The highest BCUT2D eigenvalue weighted by molar-refractivity contribution is 9.10. The predicted molar refractivity (Wildman–Crippen MR) is 585 cm³/mol. The van der Waals surface area contributed by atoms with Gasteiger partial charge >= 0.3 is 0 Å². The highest BCUT2D eigenvalue weighted by Gasteiger charge is 2.40. The van der Waals surface area contributed by atoms with E-state index in [2.05, 4.69) is 185 Å². The van der Waals surface area contributed by atoms with Gasteiger partial charge in [0.25, 0.3) is 11.8 Å². The summed E-state index contributed by atoms with van der Waals surface area (Å²) in [4.78, 5) is 66.1. The zero-order chi connectivity index (χ0) is 99.0. The van der Waals surface area contributed by atoms with Crippen molar-refractivity contribution in [1.82, 2.24) is 58.3 Å². The minimum absolute atomic E-state index is 0.0651. The molecule has 5 aliphatic heterocycles. The number of aryl methyl sites for hydroxylation is 7. The van der Waals surface area contributed by atoms with Gasteiger partial charge in [-0.05, 0) is 262 Å². The zero-order valence-corrected chi connectivity index (χ0v) is 87.8. The molecule has 5 aliphatic rings. The van der Waals surface area contributed by atoms with Crippen molar-refractivity contribution in [2.45, 2.75) is 188 Å². The van der Waals surface area contributed by atoms with Gasteiger partial charge in [0, 0.05) is 182 Å². The van der Waals surface area contributed by atoms with Crippen LogP contribution in [0, 0.1) is 19.8 Å². The Bertz CT molecular complexity index is 6570. The number of nitrogens with zero attached hydrogens (tertiary/aromatic N) is 10. The molecule has 19 nitrogen and oxygen atoms in total. The summed E-state index contributed by atoms with van der Waals surface area (Å²) >= 11 is 29.2. The van der Waals surface area contributed by atoms with Crippen LogP contribution in [-0.2, 0) is 58.8 Å². The van der Waals surface area contributed by atoms with Gasteiger partial charge in [-0.15, -0.1) is 0 Å². The number of carbonyl (C=O) groups excluding carboxylic acids is 4. The number of amides is 2. The Hall–Kier alpha value is -10.6. The lowest BCUT2D eigenvalue weighted by Gasteiger charge is -2.39. The Morgan fingerprint density at radius 2 is 0.761 bits per heavy atom. The summed E-state index contributed by atoms with van der Waals surface area (Å²) in [5.74, 6) is 3.30. The fraction of sp³-hybridized carbons (Fsp3) is 0.390. The van der Waals surface area contributed by atoms with E-state index in [1.165, 1.54) is 72.9 Å². The summed E-state index contributed by atoms with van der Waals surface area (Å²) in [5, 5.41) is 13.1. The summed E-state index contributed by atoms with van der Waals surface area (Å²) in [6.07, 6.45) is 24.6. The third-order valence-electron chi connectivity index (χ3n) is 29.0. The first-order chi connectivity index (χ1) is 69.1. The van der Waals surface area contributed by atoms with Crippen LogP contribution in [0.3, 0.4) is 0 Å². The summed E-state index contributed by atoms with van der Waals surface area (Å²) in [6.45, 7) is 28.5. The van der Waals surface area contributed by atoms with E-state index in [9.17, 15) is 19.2 Å². The largest absolute Gasteiger partial charge is 0.495 e. The maximum Gasteiger partial charge on any atom is 0.253 e. The van der Waals surface area contributed by atoms with E-state index in [4.69, 9.17) is 60.6 Å². The van der Waals surface area contributed by atoms with Crippen LogP contribution < -0.4 is 24.8 Å². The Morgan fingerprint density at radius 1 is 0.373 bits per heavy atom. The van der Waals surface area contributed by atoms with E-state index in [0.717, 1.165) is 291 Å². The monoisotopic (exact) mass is 2050 g/mol. The normalized spacial score (nSPS) is 16.8. The van der Waals surface area contributed by atoms with Crippen LogP contribution in [-0.4, -0.2) is 195 Å². The molecule has 746 valence electrons. The smallest absolute Gasteiger partial charge is 0.253 e. The van der Waals surface area contributed by atoms with E-state index in [-0.39, 0.29) is 29.5 Å². The van der Waals surface area contributed by atoms with Gasteiger partial charge in [0.1, 0.15) is 23.4 Å². The van der Waals surface area contributed by atoms with Crippen molar-refractivity contribution in [3.8, 4) is 17.2 Å². The van der Waals surface area contributed by atoms with Gasteiger partial charge in [-0.1, -0.05) is 233 Å². The molecule has 0 spiro atoms. The molecule has 2 unspecified atom stereocenters. The first kappa shape index (κ1) is 104. The molecule has 142 heavy (non-hydrogen) atoms. The van der Waals surface area contributed by atoms with Crippen LogP contribution in [0.15, 0.2) is 254 Å². The number of ketones is 2. The number of aromatic nitrogens is 4. The molecule has 0 aliphatic carbocycles. The molecule has 5 fully saturated rings. The number of halogens is 5. The van der Waals surface area contributed by atoms with Crippen LogP contribution in [0.5, 0.6) is 17.2 Å². The molecule has 2 bridgehead atoms. The number of fused-ring (bicyclic) bond motifs is 6. The van der Waals surface area contributed by atoms with Gasteiger partial charge in [-0.25, -0.2) is 0 Å². The SMILES string of the molecule is CC(=O)c1cn(CCCN2C3CCC2CC(CCc2ccccc2)C3)c2c(Br)cccc12.CC(=O)c1cn(CCCN2CCCN(Cc3ccccc3Cl)CC2)c2c(Cl)cccc12.COc1cccc2c(C(=O)NCc3cccc(C)c3)cn(CCCN3CCC(Oc4ccccc4Cl)CC3)c12.COc1cccc2c(C(=O)NCc3cccc(C)c3)cn(CCCN3CCCN(Cc4ccccc4Cl)CC3)c12. The molecule has 10 aromatic carbocycles. The number of benzene rings is 10. The average molecular weight is 2060 g/mol. The Labute approximate surface area is 866 Å². The van der Waals surface area contributed by atoms with Crippen molar-refractivity contribution in [1.29, 1.82) is 0 Å². The first-order valence-electron chi connectivity index (χ1n) is 51.0. The Balaban J connectivity index is 0.000000137. The molecular formula is C118H137BrCl4N12O7. The predicted octanol–water partition coefficient (Wildman–Crippen LogP) is 25.2. The number of Topliss-reactive ketones (excluding diaryl/α,β-unsaturated/α-hetero) is 2. The number of carbonyl (C=O) groups is 4. The maximum atomic E-state index is 13.3. The molecule has 2 amide bonds. The summed E-state index contributed by atoms with van der Waals surface area (Å²) in [6, 6.07) is 76.7. The van der Waals surface area contributed by atoms with Crippen molar-refractivity contribution >= 4 is 129 Å². The molecule has 5 saturated heterocycles. The van der Waals surface area contributed by atoms with E-state index >= 15 is 0 Å². The molecule has 0 saturated carbocycles. The Morgan fingerprint density at radius 3 is 1.25 bits per heavy atom. The lowest BCUT2D eigenvalue weighted by molar-refractivity contribution is 0.0944. The third-order valence-corrected chi connectivity index (χ3v) is 31.0. The van der Waals surface area contributed by atoms with E-state index in [1.54, 1.807) is 28.1 Å². The highest BCUT2D eigenvalue weighted by Crippen LogP contribution is 2.42. The fourth-order valence-corrected chi connectivity index (χ4v) is 23.2. The number of likely N-dealkylation sites (tertiary alicyclic amines) is 1. The molecule has 4 aromatic heterocycles. The molecular weight excluding hydrogens is 1920 g/mol. The van der Waals surface area contributed by atoms with Crippen LogP contribution in [0.4, 0.5) is 0 Å². The maximum absolute atomic E-state index is 13.3. The fourth-order valence-electron chi connectivity index (χ4n) is 21.8. The molecule has 0 radical (unpaired) electrons. The van der Waals surface area contributed by atoms with Crippen molar-refractivity contribution < 1.29 is 33.4 Å². The quantitative estimate of drug-likeness (QED) is 0.0362. The number of hydrogen-bond donors (Lipinski definition) is 2. The molecule has 14 aromatic rings. The number of methoxy groups -OCH3 is 2. The van der Waals surface area contributed by atoms with Gasteiger partial charge in [0.2, 0.25) is 0 Å². The molecule has 19 rings (SSSR count). The molecule has 2 atom stereocenters. The van der Waals surface area contributed by atoms with Crippen molar-refractivity contribution in [2.75, 3.05) is 106 Å². The lowest BCUT2D eigenvalue weighted by Crippen LogP contribution is -2.43. The van der Waals surface area contributed by atoms with Gasteiger partial charge in [0.15, 0.2) is 11.6 Å². The van der Waals surface area contributed by atoms with E-state index in [0.29, 0.717) is 34.3 Å². The molecule has 24 heteroatoms. The van der Waals surface area contributed by atoms with Gasteiger partial charge in [-0.3, -0.25) is 33.9 Å². The summed E-state index contributed by atoms with van der Waals surface area (Å²) in [5.41, 5.74) is 15.5.